The number of thiazole rings is 1. The number of hydrogen-bond donors (Lipinski definition) is 0. The Morgan fingerprint density at radius 1 is 1.08 bits per heavy atom. The van der Waals surface area contributed by atoms with E-state index in [1.807, 2.05) is 37.3 Å². The van der Waals surface area contributed by atoms with Crippen molar-refractivity contribution in [3.05, 3.63) is 90.6 Å². The molecule has 186 valence electrons. The highest BCUT2D eigenvalue weighted by Crippen LogP contribution is 2.31. The Kier molecular flexibility index (Phi) is 7.49. The molecule has 1 atom stereocenters. The van der Waals surface area contributed by atoms with Gasteiger partial charge in [-0.25, -0.2) is 9.79 Å². The standard InChI is InChI=1S/C27H26N2O6S/c1-5-33-21-14-18(12-13-20(21)35-17(4)30)15-22-25(31)29-24(19-10-8-7-9-11-19)23(26(32)34-6-2)16(3)28-27(29)36-22/h7-15,24H,5-6H2,1-4H3/b22-15-/t24-/m1/s1. The lowest BCUT2D eigenvalue weighted by molar-refractivity contribution is -0.139. The first-order chi connectivity index (χ1) is 17.3. The van der Waals surface area contributed by atoms with Crippen LogP contribution in [0.3, 0.4) is 0 Å². The molecule has 3 aromatic rings. The normalized spacial score (nSPS) is 15.2. The van der Waals surface area contributed by atoms with E-state index in [4.69, 9.17) is 14.2 Å². The lowest BCUT2D eigenvalue weighted by atomic mass is 9.96. The average molecular weight is 507 g/mol. The van der Waals surface area contributed by atoms with Crippen LogP contribution in [0.5, 0.6) is 11.5 Å². The largest absolute Gasteiger partial charge is 0.490 e. The Morgan fingerprint density at radius 3 is 2.50 bits per heavy atom. The molecule has 2 heterocycles. The summed E-state index contributed by atoms with van der Waals surface area (Å²) in [7, 11) is 0. The number of esters is 2. The van der Waals surface area contributed by atoms with E-state index in [2.05, 4.69) is 4.99 Å². The minimum atomic E-state index is -0.658. The second kappa shape index (κ2) is 10.7. The van der Waals surface area contributed by atoms with Crippen molar-refractivity contribution < 1.29 is 23.8 Å². The molecule has 1 aromatic heterocycles. The van der Waals surface area contributed by atoms with Crippen LogP contribution in [0.4, 0.5) is 0 Å². The van der Waals surface area contributed by atoms with Gasteiger partial charge in [-0.1, -0.05) is 47.7 Å². The van der Waals surface area contributed by atoms with Crippen LogP contribution >= 0.6 is 11.3 Å². The SMILES string of the molecule is CCOC(=O)C1=C(C)N=c2s/c(=C\c3ccc(OC(C)=O)c(OCC)c3)c(=O)n2[C@@H]1c1ccccc1. The van der Waals surface area contributed by atoms with E-state index >= 15 is 0 Å². The van der Waals surface area contributed by atoms with Crippen molar-refractivity contribution in [3.63, 3.8) is 0 Å². The second-order valence-corrected chi connectivity index (χ2v) is 8.95. The van der Waals surface area contributed by atoms with E-state index in [1.165, 1.54) is 18.3 Å². The first-order valence-corrected chi connectivity index (χ1v) is 12.4. The van der Waals surface area contributed by atoms with Gasteiger partial charge in [0.05, 0.1) is 35.1 Å². The topological polar surface area (TPSA) is 96.2 Å². The van der Waals surface area contributed by atoms with E-state index < -0.39 is 18.0 Å². The molecule has 0 bridgehead atoms. The molecular weight excluding hydrogens is 480 g/mol. The summed E-state index contributed by atoms with van der Waals surface area (Å²) < 4.78 is 18.1. The van der Waals surface area contributed by atoms with Crippen LogP contribution < -0.4 is 24.4 Å². The maximum absolute atomic E-state index is 13.7. The highest BCUT2D eigenvalue weighted by Gasteiger charge is 2.33. The Labute approximate surface area is 211 Å². The Balaban J connectivity index is 1.87. The molecule has 8 nitrogen and oxygen atoms in total. The number of ether oxygens (including phenoxy) is 3. The number of nitrogens with zero attached hydrogens (tertiary/aromatic N) is 2. The monoisotopic (exact) mass is 506 g/mol. The van der Waals surface area contributed by atoms with Gasteiger partial charge < -0.3 is 14.2 Å². The molecule has 2 aromatic carbocycles. The summed E-state index contributed by atoms with van der Waals surface area (Å²) in [5.74, 6) is -0.242. The van der Waals surface area contributed by atoms with Crippen LogP contribution in [0.1, 0.15) is 44.9 Å². The molecule has 0 saturated heterocycles. The van der Waals surface area contributed by atoms with Crippen LogP contribution in [-0.2, 0) is 14.3 Å². The minimum Gasteiger partial charge on any atom is -0.490 e. The molecule has 4 rings (SSSR count). The van der Waals surface area contributed by atoms with E-state index in [1.54, 1.807) is 42.7 Å². The summed E-state index contributed by atoms with van der Waals surface area (Å²) in [6.45, 7) is 7.24. The maximum atomic E-state index is 13.7. The molecule has 0 fully saturated rings. The molecule has 0 aliphatic carbocycles. The maximum Gasteiger partial charge on any atom is 0.338 e. The fraction of sp³-hybridized carbons (Fsp3) is 0.259. The summed E-state index contributed by atoms with van der Waals surface area (Å²) in [6.07, 6.45) is 1.73. The van der Waals surface area contributed by atoms with Gasteiger partial charge in [0.25, 0.3) is 5.56 Å². The van der Waals surface area contributed by atoms with Gasteiger partial charge in [-0.2, -0.15) is 0 Å². The van der Waals surface area contributed by atoms with Crippen LogP contribution in [0.25, 0.3) is 6.08 Å². The molecule has 0 N–H and O–H groups in total. The lowest BCUT2D eigenvalue weighted by Gasteiger charge is -2.24. The van der Waals surface area contributed by atoms with Crippen LogP contribution in [-0.4, -0.2) is 29.7 Å². The molecule has 0 radical (unpaired) electrons. The molecule has 0 unspecified atom stereocenters. The molecule has 1 aliphatic heterocycles. The molecule has 36 heavy (non-hydrogen) atoms. The quantitative estimate of drug-likeness (QED) is 0.361. The van der Waals surface area contributed by atoms with Crippen molar-refractivity contribution in [3.8, 4) is 11.5 Å². The van der Waals surface area contributed by atoms with E-state index in [0.29, 0.717) is 44.3 Å². The number of fused-ring (bicyclic) bond motifs is 1. The third-order valence-corrected chi connectivity index (χ3v) is 6.43. The van der Waals surface area contributed by atoms with Crippen LogP contribution in [0.2, 0.25) is 0 Å². The summed E-state index contributed by atoms with van der Waals surface area (Å²) in [6, 6.07) is 13.8. The fourth-order valence-electron chi connectivity index (χ4n) is 4.02. The Bertz CT molecular complexity index is 1520. The second-order valence-electron chi connectivity index (χ2n) is 7.95. The zero-order valence-electron chi connectivity index (χ0n) is 20.4. The number of benzene rings is 2. The molecule has 0 spiro atoms. The van der Waals surface area contributed by atoms with Gasteiger partial charge in [0.2, 0.25) is 0 Å². The van der Waals surface area contributed by atoms with Crippen molar-refractivity contribution in [2.24, 2.45) is 4.99 Å². The van der Waals surface area contributed by atoms with E-state index in [-0.39, 0.29) is 12.2 Å². The van der Waals surface area contributed by atoms with Gasteiger partial charge >= 0.3 is 11.9 Å². The van der Waals surface area contributed by atoms with Gasteiger partial charge in [0.15, 0.2) is 16.3 Å². The van der Waals surface area contributed by atoms with Crippen molar-refractivity contribution in [1.29, 1.82) is 0 Å². The Morgan fingerprint density at radius 2 is 1.83 bits per heavy atom. The van der Waals surface area contributed by atoms with Gasteiger partial charge in [-0.05, 0) is 50.1 Å². The number of rotatable bonds is 7. The molecule has 9 heteroatoms. The average Bonchev–Trinajstić information content (AvgIpc) is 3.14. The molecule has 0 saturated carbocycles. The number of allylic oxidation sites excluding steroid dienone is 1. The van der Waals surface area contributed by atoms with Crippen LogP contribution in [0, 0.1) is 0 Å². The number of carbonyl (C=O) groups excluding carboxylic acids is 2. The third-order valence-electron chi connectivity index (χ3n) is 5.45. The van der Waals surface area contributed by atoms with E-state index in [0.717, 1.165) is 5.56 Å². The zero-order chi connectivity index (χ0) is 25.8. The molecule has 1 aliphatic rings. The molecular formula is C27H26N2O6S. The van der Waals surface area contributed by atoms with Crippen LogP contribution in [0.15, 0.2) is 69.6 Å². The molecule has 0 amide bonds. The van der Waals surface area contributed by atoms with Gasteiger partial charge in [0.1, 0.15) is 0 Å². The summed E-state index contributed by atoms with van der Waals surface area (Å²) in [4.78, 5) is 43.1. The predicted molar refractivity (Wildman–Crippen MR) is 136 cm³/mol. The highest BCUT2D eigenvalue weighted by molar-refractivity contribution is 7.07. The smallest absolute Gasteiger partial charge is 0.338 e. The van der Waals surface area contributed by atoms with Crippen molar-refractivity contribution in [2.45, 2.75) is 33.7 Å². The number of carbonyl (C=O) groups is 2. The van der Waals surface area contributed by atoms with Crippen molar-refractivity contribution in [2.75, 3.05) is 13.2 Å². The minimum absolute atomic E-state index is 0.215. The van der Waals surface area contributed by atoms with Crippen molar-refractivity contribution in [1.82, 2.24) is 4.57 Å². The lowest BCUT2D eigenvalue weighted by Crippen LogP contribution is -2.39. The first kappa shape index (κ1) is 25.1. The fourth-order valence-corrected chi connectivity index (χ4v) is 5.06. The van der Waals surface area contributed by atoms with Crippen molar-refractivity contribution >= 4 is 29.4 Å². The first-order valence-electron chi connectivity index (χ1n) is 11.5. The van der Waals surface area contributed by atoms with E-state index in [9.17, 15) is 14.4 Å². The van der Waals surface area contributed by atoms with Gasteiger partial charge in [0, 0.05) is 6.92 Å². The summed E-state index contributed by atoms with van der Waals surface area (Å²) in [5.41, 5.74) is 2.05. The summed E-state index contributed by atoms with van der Waals surface area (Å²) >= 11 is 1.24. The van der Waals surface area contributed by atoms with Gasteiger partial charge in [-0.3, -0.25) is 14.2 Å². The number of hydrogen-bond acceptors (Lipinski definition) is 8. The highest BCUT2D eigenvalue weighted by atomic mass is 32.1. The Hall–Kier alpha value is -3.98. The predicted octanol–water partition coefficient (Wildman–Crippen LogP) is 3.12. The zero-order valence-corrected chi connectivity index (χ0v) is 21.3. The summed E-state index contributed by atoms with van der Waals surface area (Å²) in [5, 5.41) is 0. The number of aromatic nitrogens is 1. The third kappa shape index (κ3) is 5.01. The van der Waals surface area contributed by atoms with Gasteiger partial charge in [-0.15, -0.1) is 0 Å².